The van der Waals surface area contributed by atoms with Crippen molar-refractivity contribution in [3.05, 3.63) is 24.0 Å². The van der Waals surface area contributed by atoms with Crippen LogP contribution in [0.5, 0.6) is 0 Å². The zero-order valence-corrected chi connectivity index (χ0v) is 11.1. The van der Waals surface area contributed by atoms with Crippen molar-refractivity contribution in [3.8, 4) is 0 Å². The van der Waals surface area contributed by atoms with Crippen LogP contribution < -0.4 is 5.73 Å². The fourth-order valence-electron chi connectivity index (χ4n) is 2.27. The maximum atomic E-state index is 13.7. The lowest BCUT2D eigenvalue weighted by Gasteiger charge is -2.32. The molecule has 4 nitrogen and oxygen atoms in total. The van der Waals surface area contributed by atoms with Crippen molar-refractivity contribution in [2.45, 2.75) is 37.1 Å². The first-order valence-electron chi connectivity index (χ1n) is 6.00. The summed E-state index contributed by atoms with van der Waals surface area (Å²) >= 11 is 0. The zero-order chi connectivity index (χ0) is 13.3. The van der Waals surface area contributed by atoms with E-state index in [0.29, 0.717) is 6.54 Å². The summed E-state index contributed by atoms with van der Waals surface area (Å²) < 4.78 is 39.9. The van der Waals surface area contributed by atoms with Crippen LogP contribution in [0.1, 0.15) is 26.2 Å². The quantitative estimate of drug-likeness (QED) is 0.837. The first-order valence-corrected chi connectivity index (χ1v) is 7.44. The molecule has 0 aromatic heterocycles. The van der Waals surface area contributed by atoms with Crippen molar-refractivity contribution in [1.29, 1.82) is 0 Å². The molecule has 0 saturated carbocycles. The van der Waals surface area contributed by atoms with Gasteiger partial charge in [-0.25, -0.2) is 12.8 Å². The van der Waals surface area contributed by atoms with Crippen LogP contribution in [0.2, 0.25) is 0 Å². The van der Waals surface area contributed by atoms with Crippen molar-refractivity contribution in [1.82, 2.24) is 4.31 Å². The van der Waals surface area contributed by atoms with Crippen LogP contribution in [-0.2, 0) is 10.0 Å². The fourth-order valence-corrected chi connectivity index (χ4v) is 4.07. The van der Waals surface area contributed by atoms with Crippen molar-refractivity contribution in [2.75, 3.05) is 12.3 Å². The van der Waals surface area contributed by atoms with Crippen LogP contribution in [0.15, 0.2) is 23.1 Å². The lowest BCUT2D eigenvalue weighted by molar-refractivity contribution is 0.268. The van der Waals surface area contributed by atoms with Gasteiger partial charge in [-0.05, 0) is 38.0 Å². The summed E-state index contributed by atoms with van der Waals surface area (Å²) in [5.74, 6) is -0.748. The minimum atomic E-state index is -3.79. The third-order valence-electron chi connectivity index (χ3n) is 3.28. The van der Waals surface area contributed by atoms with Gasteiger partial charge in [0.15, 0.2) is 0 Å². The highest BCUT2D eigenvalue weighted by atomic mass is 32.2. The number of benzene rings is 1. The average molecular weight is 272 g/mol. The Bertz CT molecular complexity index is 545. The molecule has 0 aliphatic carbocycles. The normalized spacial score (nSPS) is 22.0. The summed E-state index contributed by atoms with van der Waals surface area (Å²) in [5, 5.41) is 0. The maximum absolute atomic E-state index is 13.7. The third kappa shape index (κ3) is 2.35. The minimum absolute atomic E-state index is 0.0930. The van der Waals surface area contributed by atoms with E-state index >= 15 is 0 Å². The molecule has 1 aliphatic heterocycles. The van der Waals surface area contributed by atoms with E-state index in [4.69, 9.17) is 5.73 Å². The monoisotopic (exact) mass is 272 g/mol. The van der Waals surface area contributed by atoms with Gasteiger partial charge >= 0.3 is 0 Å². The molecule has 1 fully saturated rings. The molecular weight excluding hydrogens is 255 g/mol. The summed E-state index contributed by atoms with van der Waals surface area (Å²) in [5.41, 5.74) is 5.79. The van der Waals surface area contributed by atoms with Gasteiger partial charge in [0.2, 0.25) is 10.0 Å². The second-order valence-corrected chi connectivity index (χ2v) is 6.51. The second-order valence-electron chi connectivity index (χ2n) is 4.65. The fraction of sp³-hybridized carbons (Fsp3) is 0.500. The Balaban J connectivity index is 2.44. The molecular formula is C12H17FN2O2S. The first kappa shape index (κ1) is 13.3. The van der Waals surface area contributed by atoms with E-state index in [-0.39, 0.29) is 16.6 Å². The Labute approximate surface area is 107 Å². The number of piperidine rings is 1. The predicted octanol–water partition coefficient (Wildman–Crippen LogP) is 1.97. The van der Waals surface area contributed by atoms with Gasteiger partial charge < -0.3 is 5.73 Å². The average Bonchev–Trinajstić information content (AvgIpc) is 2.32. The Hall–Kier alpha value is -1.14. The van der Waals surface area contributed by atoms with Crippen molar-refractivity contribution in [2.24, 2.45) is 0 Å². The van der Waals surface area contributed by atoms with Gasteiger partial charge in [0.25, 0.3) is 0 Å². The highest BCUT2D eigenvalue weighted by molar-refractivity contribution is 7.89. The topological polar surface area (TPSA) is 63.4 Å². The van der Waals surface area contributed by atoms with Gasteiger partial charge in [-0.3, -0.25) is 0 Å². The van der Waals surface area contributed by atoms with Gasteiger partial charge in [-0.1, -0.05) is 6.42 Å². The van der Waals surface area contributed by atoms with E-state index in [1.807, 2.05) is 6.92 Å². The number of nitrogen functional groups attached to an aromatic ring is 1. The molecule has 0 radical (unpaired) electrons. The number of rotatable bonds is 2. The Morgan fingerprint density at radius 3 is 2.78 bits per heavy atom. The SMILES string of the molecule is CC1CCCCN1S(=O)(=O)c1cc(N)ccc1F. The van der Waals surface area contributed by atoms with E-state index in [1.165, 1.54) is 16.4 Å². The summed E-state index contributed by atoms with van der Waals surface area (Å²) in [6.07, 6.45) is 2.63. The summed E-state index contributed by atoms with van der Waals surface area (Å²) in [4.78, 5) is -0.323. The smallest absolute Gasteiger partial charge is 0.246 e. The van der Waals surface area contributed by atoms with Crippen LogP contribution in [-0.4, -0.2) is 25.3 Å². The number of hydrogen-bond donors (Lipinski definition) is 1. The number of halogens is 1. The van der Waals surface area contributed by atoms with E-state index in [2.05, 4.69) is 0 Å². The Morgan fingerprint density at radius 1 is 1.39 bits per heavy atom. The molecule has 1 saturated heterocycles. The number of anilines is 1. The molecule has 2 rings (SSSR count). The molecule has 1 heterocycles. The van der Waals surface area contributed by atoms with E-state index in [0.717, 1.165) is 25.3 Å². The molecule has 0 spiro atoms. The van der Waals surface area contributed by atoms with Crippen LogP contribution in [0, 0.1) is 5.82 Å². The number of nitrogens with zero attached hydrogens (tertiary/aromatic N) is 1. The van der Waals surface area contributed by atoms with Gasteiger partial charge in [0.05, 0.1) is 0 Å². The molecule has 100 valence electrons. The van der Waals surface area contributed by atoms with Crippen molar-refractivity contribution >= 4 is 15.7 Å². The summed E-state index contributed by atoms with van der Waals surface area (Å²) in [6, 6.07) is 3.54. The summed E-state index contributed by atoms with van der Waals surface area (Å²) in [6.45, 7) is 2.29. The van der Waals surface area contributed by atoms with Gasteiger partial charge in [0.1, 0.15) is 10.7 Å². The van der Waals surface area contributed by atoms with Gasteiger partial charge in [0, 0.05) is 18.3 Å². The van der Waals surface area contributed by atoms with E-state index in [1.54, 1.807) is 0 Å². The lowest BCUT2D eigenvalue weighted by atomic mass is 10.1. The molecule has 2 N–H and O–H groups in total. The molecule has 1 aromatic rings. The van der Waals surface area contributed by atoms with Crippen LogP contribution in [0.25, 0.3) is 0 Å². The molecule has 0 amide bonds. The van der Waals surface area contributed by atoms with Crippen molar-refractivity contribution in [3.63, 3.8) is 0 Å². The van der Waals surface area contributed by atoms with E-state index < -0.39 is 15.8 Å². The largest absolute Gasteiger partial charge is 0.399 e. The van der Waals surface area contributed by atoms with Gasteiger partial charge in [-0.2, -0.15) is 4.31 Å². The van der Waals surface area contributed by atoms with Crippen molar-refractivity contribution < 1.29 is 12.8 Å². The molecule has 1 aliphatic rings. The maximum Gasteiger partial charge on any atom is 0.246 e. The molecule has 6 heteroatoms. The number of hydrogen-bond acceptors (Lipinski definition) is 3. The zero-order valence-electron chi connectivity index (χ0n) is 10.3. The molecule has 0 bridgehead atoms. The second kappa shape index (κ2) is 4.85. The van der Waals surface area contributed by atoms with Gasteiger partial charge in [-0.15, -0.1) is 0 Å². The molecule has 1 atom stereocenters. The number of nitrogens with two attached hydrogens (primary N) is 1. The highest BCUT2D eigenvalue weighted by Crippen LogP contribution is 2.27. The standard InChI is InChI=1S/C12H17FN2O2S/c1-9-4-2-3-7-15(9)18(16,17)12-8-10(14)5-6-11(12)13/h5-6,8-9H,2-4,7,14H2,1H3. The lowest BCUT2D eigenvalue weighted by Crippen LogP contribution is -2.42. The molecule has 18 heavy (non-hydrogen) atoms. The molecule has 1 unspecified atom stereocenters. The van der Waals surface area contributed by atoms with Crippen LogP contribution in [0.3, 0.4) is 0 Å². The summed E-state index contributed by atoms with van der Waals surface area (Å²) in [7, 11) is -3.79. The minimum Gasteiger partial charge on any atom is -0.399 e. The third-order valence-corrected chi connectivity index (χ3v) is 5.31. The predicted molar refractivity (Wildman–Crippen MR) is 68.0 cm³/mol. The highest BCUT2D eigenvalue weighted by Gasteiger charge is 2.32. The van der Waals surface area contributed by atoms with Crippen LogP contribution in [0.4, 0.5) is 10.1 Å². The van der Waals surface area contributed by atoms with Crippen LogP contribution >= 0.6 is 0 Å². The van der Waals surface area contributed by atoms with E-state index in [9.17, 15) is 12.8 Å². The molecule has 1 aromatic carbocycles. The Kier molecular flexibility index (Phi) is 3.59. The first-order chi connectivity index (χ1) is 8.43. The number of sulfonamides is 1. The Morgan fingerprint density at radius 2 is 2.11 bits per heavy atom.